The molecule has 0 radical (unpaired) electrons. The first-order chi connectivity index (χ1) is 18.3. The Kier molecular flexibility index (Phi) is 6.23. The Labute approximate surface area is 217 Å². The van der Waals surface area contributed by atoms with Crippen molar-refractivity contribution < 1.29 is 33.3 Å². The number of nitrogens with zero attached hydrogens (tertiary/aromatic N) is 2. The van der Waals surface area contributed by atoms with Crippen molar-refractivity contribution in [2.24, 2.45) is 0 Å². The van der Waals surface area contributed by atoms with E-state index >= 15 is 0 Å². The van der Waals surface area contributed by atoms with Crippen LogP contribution in [0.25, 0.3) is 16.8 Å². The van der Waals surface area contributed by atoms with Crippen LogP contribution in [0.3, 0.4) is 0 Å². The summed E-state index contributed by atoms with van der Waals surface area (Å²) in [6.45, 7) is 1.87. The molecule has 10 heteroatoms. The lowest BCUT2D eigenvalue weighted by Crippen LogP contribution is -2.30. The van der Waals surface area contributed by atoms with Crippen LogP contribution in [-0.4, -0.2) is 48.1 Å². The second-order valence-corrected chi connectivity index (χ2v) is 8.71. The molecule has 0 saturated carbocycles. The molecule has 3 aromatic carbocycles. The third-order valence-corrected chi connectivity index (χ3v) is 6.42. The summed E-state index contributed by atoms with van der Waals surface area (Å²) in [6.07, 6.45) is 0. The number of ether oxygens (including phenoxy) is 3. The molecule has 2 heterocycles. The first-order valence-corrected chi connectivity index (χ1v) is 11.6. The monoisotopic (exact) mass is 517 g/mol. The number of carbonyl (C=O) groups excluding carboxylic acids is 2. The van der Waals surface area contributed by atoms with Crippen LogP contribution in [0.15, 0.2) is 60.2 Å². The molecule has 9 nitrogen and oxygen atoms in total. The van der Waals surface area contributed by atoms with Gasteiger partial charge in [-0.2, -0.15) is 0 Å². The van der Waals surface area contributed by atoms with Gasteiger partial charge in [0.25, 0.3) is 5.78 Å². The van der Waals surface area contributed by atoms with E-state index in [9.17, 15) is 19.1 Å². The first kappa shape index (κ1) is 24.8. The van der Waals surface area contributed by atoms with Gasteiger partial charge in [0.1, 0.15) is 17.3 Å². The van der Waals surface area contributed by atoms with Gasteiger partial charge in [-0.15, -0.1) is 0 Å². The highest BCUT2D eigenvalue weighted by Gasteiger charge is 2.48. The minimum atomic E-state index is -1.06. The van der Waals surface area contributed by atoms with Crippen LogP contribution < -0.4 is 19.1 Å². The standard InChI is InChI=1S/C28H24FN3O6/c1-14-6-5-7-15(10-14)24-23(25(33)17-11-16(29)8-9-20(17)36-2)26(34)27(35)32(24)28-30-18-12-21(37-3)22(38-4)13-19(18)31-28/h5-13,24,33H,1-4H3,(H,30,31)/b25-23+. The van der Waals surface area contributed by atoms with Crippen molar-refractivity contribution in [2.45, 2.75) is 13.0 Å². The van der Waals surface area contributed by atoms with E-state index in [-0.39, 0.29) is 22.8 Å². The number of aryl methyl sites for hydroxylation is 1. The van der Waals surface area contributed by atoms with Gasteiger partial charge in [-0.3, -0.25) is 14.5 Å². The Hall–Kier alpha value is -4.86. The highest BCUT2D eigenvalue weighted by Crippen LogP contribution is 2.43. The number of aromatic amines is 1. The molecule has 194 valence electrons. The lowest BCUT2D eigenvalue weighted by molar-refractivity contribution is -0.132. The zero-order chi connectivity index (χ0) is 27.1. The number of fused-ring (bicyclic) bond motifs is 1. The Morgan fingerprint density at radius 1 is 0.974 bits per heavy atom. The summed E-state index contributed by atoms with van der Waals surface area (Å²) in [6, 6.07) is 13.0. The fourth-order valence-electron chi connectivity index (χ4n) is 4.65. The summed E-state index contributed by atoms with van der Waals surface area (Å²) in [5, 5.41) is 11.4. The highest BCUT2D eigenvalue weighted by atomic mass is 19.1. The van der Waals surface area contributed by atoms with Crippen LogP contribution >= 0.6 is 0 Å². The van der Waals surface area contributed by atoms with Gasteiger partial charge in [0.15, 0.2) is 11.5 Å². The number of hydrogen-bond donors (Lipinski definition) is 2. The Balaban J connectivity index is 1.75. The van der Waals surface area contributed by atoms with E-state index in [1.54, 1.807) is 30.3 Å². The van der Waals surface area contributed by atoms with Gasteiger partial charge in [0, 0.05) is 12.1 Å². The average Bonchev–Trinajstić information content (AvgIpc) is 3.44. The quantitative estimate of drug-likeness (QED) is 0.217. The molecule has 38 heavy (non-hydrogen) atoms. The lowest BCUT2D eigenvalue weighted by atomic mass is 9.94. The number of aliphatic hydroxyl groups excluding tert-OH is 1. The maximum absolute atomic E-state index is 14.2. The van der Waals surface area contributed by atoms with Crippen molar-refractivity contribution in [2.75, 3.05) is 26.2 Å². The molecule has 2 N–H and O–H groups in total. The van der Waals surface area contributed by atoms with Gasteiger partial charge in [-0.25, -0.2) is 9.37 Å². The van der Waals surface area contributed by atoms with Crippen molar-refractivity contribution in [3.05, 3.63) is 82.7 Å². The number of anilines is 1. The molecule has 1 amide bonds. The third-order valence-electron chi connectivity index (χ3n) is 6.42. The number of Topliss-reactive ketones (excluding diaryl/α,β-unsaturated/α-hetero) is 1. The number of carbonyl (C=O) groups is 2. The van der Waals surface area contributed by atoms with Crippen molar-refractivity contribution in [3.63, 3.8) is 0 Å². The number of rotatable bonds is 6. The number of ketones is 1. The van der Waals surface area contributed by atoms with Crippen LogP contribution in [0.1, 0.15) is 22.7 Å². The molecule has 0 aliphatic carbocycles. The maximum atomic E-state index is 14.2. The normalized spacial score (nSPS) is 16.8. The van der Waals surface area contributed by atoms with Crippen LogP contribution in [-0.2, 0) is 9.59 Å². The summed E-state index contributed by atoms with van der Waals surface area (Å²) in [5.41, 5.74) is 2.15. The van der Waals surface area contributed by atoms with Gasteiger partial charge in [0.05, 0.1) is 49.5 Å². The zero-order valence-corrected chi connectivity index (χ0v) is 21.0. The number of methoxy groups -OCH3 is 3. The number of H-pyrrole nitrogens is 1. The number of benzene rings is 3. The fourth-order valence-corrected chi connectivity index (χ4v) is 4.65. The van der Waals surface area contributed by atoms with E-state index in [0.717, 1.165) is 11.6 Å². The first-order valence-electron chi connectivity index (χ1n) is 11.6. The molecular weight excluding hydrogens is 493 g/mol. The van der Waals surface area contributed by atoms with Crippen molar-refractivity contribution in [3.8, 4) is 17.2 Å². The molecule has 1 saturated heterocycles. The van der Waals surface area contributed by atoms with Crippen molar-refractivity contribution >= 4 is 34.4 Å². The molecule has 0 bridgehead atoms. The number of hydrogen-bond acceptors (Lipinski definition) is 7. The summed E-state index contributed by atoms with van der Waals surface area (Å²) in [7, 11) is 4.35. The molecule has 1 atom stereocenters. The molecule has 0 spiro atoms. The number of aromatic nitrogens is 2. The van der Waals surface area contributed by atoms with Gasteiger partial charge in [0.2, 0.25) is 5.95 Å². The van der Waals surface area contributed by atoms with Gasteiger partial charge in [-0.1, -0.05) is 29.8 Å². The average molecular weight is 518 g/mol. The van der Waals surface area contributed by atoms with Crippen LogP contribution in [0, 0.1) is 12.7 Å². The minimum Gasteiger partial charge on any atom is -0.507 e. The summed E-state index contributed by atoms with van der Waals surface area (Å²) >= 11 is 0. The number of halogens is 1. The molecule has 5 rings (SSSR count). The molecule has 1 aliphatic heterocycles. The van der Waals surface area contributed by atoms with E-state index < -0.39 is 29.3 Å². The number of nitrogens with one attached hydrogen (secondary N) is 1. The fraction of sp³-hybridized carbons (Fsp3) is 0.179. The lowest BCUT2D eigenvalue weighted by Gasteiger charge is -2.23. The van der Waals surface area contributed by atoms with Gasteiger partial charge in [-0.05, 0) is 30.7 Å². The van der Waals surface area contributed by atoms with E-state index in [1.807, 2.05) is 13.0 Å². The Bertz CT molecular complexity index is 1590. The molecular formula is C28H24FN3O6. The third kappa shape index (κ3) is 4.00. The summed E-state index contributed by atoms with van der Waals surface area (Å²) < 4.78 is 30.2. The van der Waals surface area contributed by atoms with Crippen molar-refractivity contribution in [1.82, 2.24) is 9.97 Å². The van der Waals surface area contributed by atoms with Crippen LogP contribution in [0.5, 0.6) is 17.2 Å². The molecule has 1 aromatic heterocycles. The number of aliphatic hydroxyl groups is 1. The Morgan fingerprint density at radius 2 is 1.68 bits per heavy atom. The zero-order valence-electron chi connectivity index (χ0n) is 21.0. The van der Waals surface area contributed by atoms with Crippen LogP contribution in [0.2, 0.25) is 0 Å². The number of imidazole rings is 1. The summed E-state index contributed by atoms with van der Waals surface area (Å²) in [4.78, 5) is 35.7. The molecule has 1 aliphatic rings. The Morgan fingerprint density at radius 3 is 2.37 bits per heavy atom. The molecule has 1 unspecified atom stereocenters. The van der Waals surface area contributed by atoms with Crippen LogP contribution in [0.4, 0.5) is 10.3 Å². The summed E-state index contributed by atoms with van der Waals surface area (Å²) in [5.74, 6) is -1.96. The topological polar surface area (TPSA) is 114 Å². The predicted molar refractivity (Wildman–Crippen MR) is 138 cm³/mol. The predicted octanol–water partition coefficient (Wildman–Crippen LogP) is 4.66. The van der Waals surface area contributed by atoms with E-state index in [0.29, 0.717) is 28.1 Å². The minimum absolute atomic E-state index is 0.0535. The maximum Gasteiger partial charge on any atom is 0.302 e. The smallest absolute Gasteiger partial charge is 0.302 e. The second-order valence-electron chi connectivity index (χ2n) is 8.71. The molecule has 1 fully saturated rings. The van der Waals surface area contributed by atoms with Gasteiger partial charge >= 0.3 is 5.91 Å². The number of amides is 1. The highest BCUT2D eigenvalue weighted by molar-refractivity contribution is 6.51. The van der Waals surface area contributed by atoms with E-state index in [4.69, 9.17) is 14.2 Å². The van der Waals surface area contributed by atoms with E-state index in [1.165, 1.54) is 38.4 Å². The molecule has 4 aromatic rings. The van der Waals surface area contributed by atoms with Crippen molar-refractivity contribution in [1.29, 1.82) is 0 Å². The second kappa shape index (κ2) is 9.55. The largest absolute Gasteiger partial charge is 0.507 e. The van der Waals surface area contributed by atoms with E-state index in [2.05, 4.69) is 9.97 Å². The SMILES string of the molecule is COc1cc2nc(N3C(=O)C(=O)/C(=C(/O)c4cc(F)ccc4OC)C3c3cccc(C)c3)[nH]c2cc1OC. The van der Waals surface area contributed by atoms with Gasteiger partial charge < -0.3 is 24.3 Å².